The van der Waals surface area contributed by atoms with Gasteiger partial charge in [0.1, 0.15) is 0 Å². The third kappa shape index (κ3) is 3.78. The molecule has 19 heavy (non-hydrogen) atoms. The molecule has 0 bridgehead atoms. The minimum absolute atomic E-state index is 0.752. The lowest BCUT2D eigenvalue weighted by molar-refractivity contribution is 0.514. The van der Waals surface area contributed by atoms with Gasteiger partial charge in [0.25, 0.3) is 0 Å². The predicted molar refractivity (Wildman–Crippen MR) is 87.9 cm³/mol. The fraction of sp³-hybridized carbons (Fsp3) is 0.267. The van der Waals surface area contributed by atoms with Gasteiger partial charge in [0, 0.05) is 17.6 Å². The van der Waals surface area contributed by atoms with E-state index in [2.05, 4.69) is 59.8 Å². The van der Waals surface area contributed by atoms with Crippen LogP contribution in [0.15, 0.2) is 35.7 Å². The number of rotatable bonds is 3. The second kappa shape index (κ2) is 6.17. The van der Waals surface area contributed by atoms with E-state index >= 15 is 0 Å². The molecular weight excluding hydrogens is 272 g/mol. The summed E-state index contributed by atoms with van der Waals surface area (Å²) in [5.74, 6) is 0. The quantitative estimate of drug-likeness (QED) is 0.853. The number of nitrogens with zero attached hydrogens (tertiary/aromatic N) is 1. The van der Waals surface area contributed by atoms with Crippen molar-refractivity contribution in [3.63, 3.8) is 0 Å². The zero-order valence-corrected chi connectivity index (χ0v) is 13.1. The van der Waals surface area contributed by atoms with E-state index in [1.807, 2.05) is 7.05 Å². The topological polar surface area (TPSA) is 15.3 Å². The van der Waals surface area contributed by atoms with Crippen LogP contribution in [0.2, 0.25) is 0 Å². The van der Waals surface area contributed by atoms with E-state index in [4.69, 9.17) is 12.2 Å². The highest BCUT2D eigenvalue weighted by Gasteiger charge is 2.07. The van der Waals surface area contributed by atoms with Gasteiger partial charge in [-0.3, -0.25) is 0 Å². The molecule has 1 heterocycles. The van der Waals surface area contributed by atoms with Crippen LogP contribution >= 0.6 is 23.6 Å². The highest BCUT2D eigenvalue weighted by Crippen LogP contribution is 2.17. The number of nitrogens with one attached hydrogen (secondary N) is 1. The Hall–Kier alpha value is -1.39. The summed E-state index contributed by atoms with van der Waals surface area (Å²) in [4.78, 5) is 3.37. The number of benzene rings is 1. The maximum atomic E-state index is 5.45. The molecule has 100 valence electrons. The van der Waals surface area contributed by atoms with Gasteiger partial charge in [-0.1, -0.05) is 18.2 Å². The maximum absolute atomic E-state index is 5.45. The average molecular weight is 290 g/mol. The molecular formula is C15H18N2S2. The van der Waals surface area contributed by atoms with E-state index in [0.717, 1.165) is 17.3 Å². The molecule has 0 aliphatic heterocycles. The molecule has 0 aliphatic rings. The van der Waals surface area contributed by atoms with Gasteiger partial charge in [0.15, 0.2) is 5.11 Å². The molecule has 2 nitrogen and oxygen atoms in total. The van der Waals surface area contributed by atoms with Crippen molar-refractivity contribution >= 4 is 34.4 Å². The summed E-state index contributed by atoms with van der Waals surface area (Å²) in [6, 6.07) is 10.5. The monoisotopic (exact) mass is 290 g/mol. The largest absolute Gasteiger partial charge is 0.347 e. The molecule has 0 spiro atoms. The zero-order chi connectivity index (χ0) is 13.8. The molecule has 0 radical (unpaired) electrons. The molecule has 0 aliphatic carbocycles. The van der Waals surface area contributed by atoms with Gasteiger partial charge < -0.3 is 10.2 Å². The van der Waals surface area contributed by atoms with Crippen LogP contribution in [0.3, 0.4) is 0 Å². The van der Waals surface area contributed by atoms with Gasteiger partial charge in [0.05, 0.1) is 6.54 Å². The molecule has 1 aromatic heterocycles. The standard InChI is InChI=1S/C15H18N2S2/c1-11-6-7-12(2)14(9-11)16-15(18)17(3)10-13-5-4-8-19-13/h4-9H,10H2,1-3H3,(H,16,18). The lowest BCUT2D eigenvalue weighted by Gasteiger charge is -2.21. The van der Waals surface area contributed by atoms with E-state index in [0.29, 0.717) is 0 Å². The van der Waals surface area contributed by atoms with Crippen LogP contribution in [-0.2, 0) is 6.54 Å². The van der Waals surface area contributed by atoms with Crippen molar-refractivity contribution in [1.82, 2.24) is 4.90 Å². The molecule has 2 rings (SSSR count). The van der Waals surface area contributed by atoms with E-state index in [9.17, 15) is 0 Å². The summed E-state index contributed by atoms with van der Waals surface area (Å²) in [6.07, 6.45) is 0. The van der Waals surface area contributed by atoms with E-state index in [-0.39, 0.29) is 0 Å². The van der Waals surface area contributed by atoms with Gasteiger partial charge in [-0.2, -0.15) is 0 Å². The maximum Gasteiger partial charge on any atom is 0.173 e. The minimum Gasteiger partial charge on any atom is -0.347 e. The van der Waals surface area contributed by atoms with Crippen molar-refractivity contribution in [2.75, 3.05) is 12.4 Å². The van der Waals surface area contributed by atoms with Gasteiger partial charge >= 0.3 is 0 Å². The van der Waals surface area contributed by atoms with Crippen molar-refractivity contribution in [3.8, 4) is 0 Å². The molecule has 0 saturated carbocycles. The van der Waals surface area contributed by atoms with Crippen LogP contribution in [0.25, 0.3) is 0 Å². The first-order valence-electron chi connectivity index (χ1n) is 6.18. The third-order valence-electron chi connectivity index (χ3n) is 2.95. The molecule has 4 heteroatoms. The molecule has 0 atom stereocenters. The molecule has 0 fully saturated rings. The highest BCUT2D eigenvalue weighted by molar-refractivity contribution is 7.80. The van der Waals surface area contributed by atoms with Crippen molar-refractivity contribution in [2.45, 2.75) is 20.4 Å². The second-order valence-electron chi connectivity index (χ2n) is 4.68. The number of thiocarbonyl (C=S) groups is 1. The zero-order valence-electron chi connectivity index (χ0n) is 11.4. The van der Waals surface area contributed by atoms with Crippen molar-refractivity contribution < 1.29 is 0 Å². The first-order chi connectivity index (χ1) is 9.06. The Balaban J connectivity index is 2.02. The summed E-state index contributed by atoms with van der Waals surface area (Å²) in [5.41, 5.74) is 3.53. The Morgan fingerprint density at radius 2 is 2.11 bits per heavy atom. The Bertz CT molecular complexity index is 562. The van der Waals surface area contributed by atoms with E-state index < -0.39 is 0 Å². The molecule has 2 aromatic rings. The molecule has 1 N–H and O–H groups in total. The van der Waals surface area contributed by atoms with Gasteiger partial charge in [-0.15, -0.1) is 11.3 Å². The van der Waals surface area contributed by atoms with Crippen molar-refractivity contribution in [1.29, 1.82) is 0 Å². The normalized spacial score (nSPS) is 10.3. The van der Waals surface area contributed by atoms with Crippen LogP contribution in [0.1, 0.15) is 16.0 Å². The fourth-order valence-electron chi connectivity index (χ4n) is 1.79. The SMILES string of the molecule is Cc1ccc(C)c(NC(=S)N(C)Cc2cccs2)c1. The summed E-state index contributed by atoms with van der Waals surface area (Å²) in [5, 5.41) is 6.16. The number of thiophene rings is 1. The van der Waals surface area contributed by atoms with Crippen LogP contribution in [0, 0.1) is 13.8 Å². The van der Waals surface area contributed by atoms with E-state index in [1.165, 1.54) is 16.0 Å². The van der Waals surface area contributed by atoms with Crippen LogP contribution in [0.5, 0.6) is 0 Å². The van der Waals surface area contributed by atoms with Crippen molar-refractivity contribution in [2.24, 2.45) is 0 Å². The number of hydrogen-bond donors (Lipinski definition) is 1. The number of anilines is 1. The van der Waals surface area contributed by atoms with Crippen LogP contribution in [-0.4, -0.2) is 17.1 Å². The Morgan fingerprint density at radius 1 is 1.32 bits per heavy atom. The van der Waals surface area contributed by atoms with Gasteiger partial charge in [0.2, 0.25) is 0 Å². The van der Waals surface area contributed by atoms with Gasteiger partial charge in [-0.05, 0) is 54.7 Å². The Morgan fingerprint density at radius 3 is 2.79 bits per heavy atom. The minimum atomic E-state index is 0.752. The van der Waals surface area contributed by atoms with Gasteiger partial charge in [-0.25, -0.2) is 0 Å². The van der Waals surface area contributed by atoms with Crippen LogP contribution in [0.4, 0.5) is 5.69 Å². The highest BCUT2D eigenvalue weighted by atomic mass is 32.1. The molecule has 0 saturated heterocycles. The number of aryl methyl sites for hydroxylation is 2. The van der Waals surface area contributed by atoms with Crippen molar-refractivity contribution in [3.05, 3.63) is 51.7 Å². The first kappa shape index (κ1) is 14.0. The summed E-state index contributed by atoms with van der Waals surface area (Å²) < 4.78 is 0. The summed E-state index contributed by atoms with van der Waals surface area (Å²) in [7, 11) is 2.01. The number of hydrogen-bond acceptors (Lipinski definition) is 2. The van der Waals surface area contributed by atoms with E-state index in [1.54, 1.807) is 11.3 Å². The molecule has 0 unspecified atom stereocenters. The molecule has 1 aromatic carbocycles. The lowest BCUT2D eigenvalue weighted by Crippen LogP contribution is -2.30. The second-order valence-corrected chi connectivity index (χ2v) is 6.10. The fourth-order valence-corrected chi connectivity index (χ4v) is 2.72. The average Bonchev–Trinajstić information content (AvgIpc) is 2.86. The first-order valence-corrected chi connectivity index (χ1v) is 7.47. The summed E-state index contributed by atoms with van der Waals surface area (Å²) in [6.45, 7) is 5.01. The predicted octanol–water partition coefficient (Wildman–Crippen LogP) is 4.19. The Labute approximate surface area is 124 Å². The third-order valence-corrected chi connectivity index (χ3v) is 4.23. The van der Waals surface area contributed by atoms with Crippen LogP contribution < -0.4 is 5.32 Å². The summed E-state index contributed by atoms with van der Waals surface area (Å²) >= 11 is 7.21. The lowest BCUT2D eigenvalue weighted by atomic mass is 10.1. The molecule has 0 amide bonds. The smallest absolute Gasteiger partial charge is 0.173 e. The Kier molecular flexibility index (Phi) is 4.56.